The van der Waals surface area contributed by atoms with Gasteiger partial charge in [0, 0.05) is 12.5 Å². The number of hydrogen-bond donors (Lipinski definition) is 1. The molecular formula is C18H21N3O. The molecule has 0 spiro atoms. The number of carbonyl (C=O) groups is 1. The minimum absolute atomic E-state index is 0.102. The van der Waals surface area contributed by atoms with Gasteiger partial charge in [-0.15, -0.1) is 0 Å². The second-order valence-electron chi connectivity index (χ2n) is 5.95. The van der Waals surface area contributed by atoms with Crippen molar-refractivity contribution in [2.45, 2.75) is 39.0 Å². The zero-order valence-electron chi connectivity index (χ0n) is 12.9. The van der Waals surface area contributed by atoms with Crippen LogP contribution in [0.15, 0.2) is 36.5 Å². The molecule has 1 fully saturated rings. The molecule has 3 rings (SSSR count). The summed E-state index contributed by atoms with van der Waals surface area (Å²) in [5, 5.41) is 2.81. The lowest BCUT2D eigenvalue weighted by Crippen LogP contribution is -2.13. The molecule has 22 heavy (non-hydrogen) atoms. The predicted molar refractivity (Wildman–Crippen MR) is 87.4 cm³/mol. The van der Waals surface area contributed by atoms with Crippen molar-refractivity contribution < 1.29 is 4.79 Å². The first-order chi connectivity index (χ1) is 10.7. The second kappa shape index (κ2) is 6.69. The molecule has 0 bridgehead atoms. The minimum Gasteiger partial charge on any atom is -0.309 e. The Labute approximate surface area is 131 Å². The van der Waals surface area contributed by atoms with Crippen LogP contribution in [-0.4, -0.2) is 15.9 Å². The number of amides is 1. The van der Waals surface area contributed by atoms with Gasteiger partial charge in [0.05, 0.1) is 17.6 Å². The molecule has 1 aromatic carbocycles. The Balaban J connectivity index is 1.92. The van der Waals surface area contributed by atoms with Crippen molar-refractivity contribution in [3.8, 4) is 11.3 Å². The smallest absolute Gasteiger partial charge is 0.222 e. The topological polar surface area (TPSA) is 54.9 Å². The van der Waals surface area contributed by atoms with Gasteiger partial charge in [0.2, 0.25) is 5.91 Å². The van der Waals surface area contributed by atoms with Crippen molar-refractivity contribution in [2.75, 3.05) is 5.32 Å². The van der Waals surface area contributed by atoms with Crippen LogP contribution < -0.4 is 5.32 Å². The summed E-state index contributed by atoms with van der Waals surface area (Å²) in [6.45, 7) is 1.51. The first-order valence-corrected chi connectivity index (χ1v) is 7.91. The van der Waals surface area contributed by atoms with E-state index >= 15 is 0 Å². The molecule has 0 saturated heterocycles. The first-order valence-electron chi connectivity index (χ1n) is 7.91. The molecule has 4 nitrogen and oxygen atoms in total. The fourth-order valence-electron chi connectivity index (χ4n) is 3.08. The van der Waals surface area contributed by atoms with Crippen LogP contribution in [0.1, 0.15) is 38.3 Å². The summed E-state index contributed by atoms with van der Waals surface area (Å²) in [5.74, 6) is 1.17. The fourth-order valence-corrected chi connectivity index (χ4v) is 3.08. The number of anilines is 1. The van der Waals surface area contributed by atoms with E-state index < -0.39 is 0 Å². The zero-order chi connectivity index (χ0) is 15.4. The maximum absolute atomic E-state index is 11.4. The Hall–Kier alpha value is -2.23. The van der Waals surface area contributed by atoms with Gasteiger partial charge in [0.15, 0.2) is 5.82 Å². The van der Waals surface area contributed by atoms with E-state index in [-0.39, 0.29) is 5.91 Å². The molecule has 1 saturated carbocycles. The monoisotopic (exact) mass is 295 g/mol. The number of nitrogens with one attached hydrogen (secondary N) is 1. The zero-order valence-corrected chi connectivity index (χ0v) is 12.9. The van der Waals surface area contributed by atoms with E-state index in [2.05, 4.69) is 10.3 Å². The third kappa shape index (κ3) is 3.50. The van der Waals surface area contributed by atoms with Gasteiger partial charge in [-0.25, -0.2) is 9.97 Å². The molecule has 1 N–H and O–H groups in total. The summed E-state index contributed by atoms with van der Waals surface area (Å²) in [5.41, 5.74) is 2.82. The molecule has 1 aliphatic carbocycles. The van der Waals surface area contributed by atoms with Crippen molar-refractivity contribution in [1.29, 1.82) is 0 Å². The maximum Gasteiger partial charge on any atom is 0.222 e. The molecular weight excluding hydrogens is 274 g/mol. The summed E-state index contributed by atoms with van der Waals surface area (Å²) in [6.07, 6.45) is 7.72. The number of carbonyl (C=O) groups excluding carboxylic acids is 1. The highest BCUT2D eigenvalue weighted by atomic mass is 16.1. The molecule has 1 aliphatic rings. The van der Waals surface area contributed by atoms with Crippen molar-refractivity contribution >= 4 is 11.7 Å². The van der Waals surface area contributed by atoms with Crippen LogP contribution >= 0.6 is 0 Å². The van der Waals surface area contributed by atoms with E-state index in [1.165, 1.54) is 32.6 Å². The SMILES string of the molecule is CC(=O)Nc1ncc(-c2ccccc2)nc1CC1CCCC1. The van der Waals surface area contributed by atoms with Crippen LogP contribution in [0.2, 0.25) is 0 Å². The van der Waals surface area contributed by atoms with Gasteiger partial charge >= 0.3 is 0 Å². The summed E-state index contributed by atoms with van der Waals surface area (Å²) in [7, 11) is 0. The largest absolute Gasteiger partial charge is 0.309 e. The Bertz CT molecular complexity index is 649. The van der Waals surface area contributed by atoms with E-state index in [0.717, 1.165) is 23.4 Å². The van der Waals surface area contributed by atoms with Gasteiger partial charge in [-0.05, 0) is 12.3 Å². The highest BCUT2D eigenvalue weighted by Gasteiger charge is 2.19. The van der Waals surface area contributed by atoms with Crippen LogP contribution in [0.5, 0.6) is 0 Å². The molecule has 0 aliphatic heterocycles. The van der Waals surface area contributed by atoms with E-state index in [1.807, 2.05) is 30.3 Å². The average molecular weight is 295 g/mol. The summed E-state index contributed by atoms with van der Waals surface area (Å²) in [4.78, 5) is 20.6. The first kappa shape index (κ1) is 14.7. The molecule has 4 heteroatoms. The Morgan fingerprint density at radius 1 is 1.23 bits per heavy atom. The van der Waals surface area contributed by atoms with Gasteiger partial charge in [-0.3, -0.25) is 4.79 Å². The predicted octanol–water partition coefficient (Wildman–Crippen LogP) is 3.83. The molecule has 1 amide bonds. The van der Waals surface area contributed by atoms with Crippen molar-refractivity contribution in [1.82, 2.24) is 9.97 Å². The Kier molecular flexibility index (Phi) is 4.47. The lowest BCUT2D eigenvalue weighted by atomic mass is 10.0. The lowest BCUT2D eigenvalue weighted by molar-refractivity contribution is -0.114. The maximum atomic E-state index is 11.4. The van der Waals surface area contributed by atoms with E-state index in [1.54, 1.807) is 6.20 Å². The molecule has 114 valence electrons. The molecule has 0 atom stereocenters. The van der Waals surface area contributed by atoms with Gasteiger partial charge in [-0.1, -0.05) is 56.0 Å². The van der Waals surface area contributed by atoms with E-state index in [0.29, 0.717) is 11.7 Å². The van der Waals surface area contributed by atoms with Gasteiger partial charge < -0.3 is 5.32 Å². The van der Waals surface area contributed by atoms with Crippen molar-refractivity contribution in [3.05, 3.63) is 42.2 Å². The summed E-state index contributed by atoms with van der Waals surface area (Å²) < 4.78 is 0. The van der Waals surface area contributed by atoms with Crippen molar-refractivity contribution in [3.63, 3.8) is 0 Å². The third-order valence-corrected chi connectivity index (χ3v) is 4.17. The molecule has 0 radical (unpaired) electrons. The van der Waals surface area contributed by atoms with Crippen LogP contribution in [0.4, 0.5) is 5.82 Å². The van der Waals surface area contributed by atoms with Crippen LogP contribution in [0, 0.1) is 5.92 Å². The molecule has 0 unspecified atom stereocenters. The van der Waals surface area contributed by atoms with Crippen LogP contribution in [-0.2, 0) is 11.2 Å². The Morgan fingerprint density at radius 2 is 1.95 bits per heavy atom. The molecule has 2 aromatic rings. The van der Waals surface area contributed by atoms with Gasteiger partial charge in [-0.2, -0.15) is 0 Å². The highest BCUT2D eigenvalue weighted by molar-refractivity contribution is 5.88. The van der Waals surface area contributed by atoms with Crippen molar-refractivity contribution in [2.24, 2.45) is 5.92 Å². The summed E-state index contributed by atoms with van der Waals surface area (Å²) >= 11 is 0. The van der Waals surface area contributed by atoms with E-state index in [4.69, 9.17) is 4.98 Å². The number of nitrogens with zero attached hydrogens (tertiary/aromatic N) is 2. The number of rotatable bonds is 4. The number of benzene rings is 1. The normalized spacial score (nSPS) is 15.0. The van der Waals surface area contributed by atoms with Gasteiger partial charge in [0.25, 0.3) is 0 Å². The summed E-state index contributed by atoms with van der Waals surface area (Å²) in [6, 6.07) is 10.0. The standard InChI is InChI=1S/C18H21N3O/c1-13(22)20-18-16(11-14-7-5-6-8-14)21-17(12-19-18)15-9-3-2-4-10-15/h2-4,9-10,12,14H,5-8,11H2,1H3,(H,19,20,22). The molecule has 1 aromatic heterocycles. The number of aromatic nitrogens is 2. The Morgan fingerprint density at radius 3 is 2.64 bits per heavy atom. The average Bonchev–Trinajstić information content (AvgIpc) is 3.02. The minimum atomic E-state index is -0.102. The fraction of sp³-hybridized carbons (Fsp3) is 0.389. The van der Waals surface area contributed by atoms with Gasteiger partial charge in [0.1, 0.15) is 0 Å². The number of hydrogen-bond acceptors (Lipinski definition) is 3. The lowest BCUT2D eigenvalue weighted by Gasteiger charge is -2.13. The quantitative estimate of drug-likeness (QED) is 0.932. The highest BCUT2D eigenvalue weighted by Crippen LogP contribution is 2.30. The van der Waals surface area contributed by atoms with E-state index in [9.17, 15) is 4.79 Å². The van der Waals surface area contributed by atoms with Crippen LogP contribution in [0.25, 0.3) is 11.3 Å². The third-order valence-electron chi connectivity index (χ3n) is 4.17. The van der Waals surface area contributed by atoms with Crippen LogP contribution in [0.3, 0.4) is 0 Å². The molecule has 1 heterocycles. The second-order valence-corrected chi connectivity index (χ2v) is 5.95.